The van der Waals surface area contributed by atoms with Crippen molar-refractivity contribution < 1.29 is 27.5 Å². The Morgan fingerprint density at radius 3 is 2.33 bits per heavy atom. The highest BCUT2D eigenvalue weighted by Gasteiger charge is 2.32. The highest BCUT2D eigenvalue weighted by atomic mass is 19.4. The smallest absolute Gasteiger partial charge is 0.405 e. The number of nitrogens with zero attached hydrogens (tertiary/aromatic N) is 2. The number of aryl methyl sites for hydroxylation is 1. The SMILES string of the molecule is CC(=O)c1cccc(NC(=O)Nc2ccc(OC(F)(F)F)c(-c3ccnn3C)c2)c1. The Hall–Kier alpha value is -3.82. The van der Waals surface area contributed by atoms with Gasteiger partial charge in [-0.15, -0.1) is 13.2 Å². The van der Waals surface area contributed by atoms with Gasteiger partial charge in [-0.05, 0) is 43.3 Å². The minimum atomic E-state index is -4.87. The number of hydrogen-bond acceptors (Lipinski definition) is 4. The number of Topliss-reactive ketones (excluding diaryl/α,β-unsaturated/α-hetero) is 1. The molecule has 0 radical (unpaired) electrons. The van der Waals surface area contributed by atoms with Crippen molar-refractivity contribution in [3.8, 4) is 17.0 Å². The van der Waals surface area contributed by atoms with E-state index in [9.17, 15) is 22.8 Å². The molecule has 2 amide bonds. The summed E-state index contributed by atoms with van der Waals surface area (Å²) in [5.74, 6) is -0.577. The fourth-order valence-corrected chi connectivity index (χ4v) is 2.77. The number of nitrogens with one attached hydrogen (secondary N) is 2. The first-order chi connectivity index (χ1) is 14.1. The number of ketones is 1. The lowest BCUT2D eigenvalue weighted by molar-refractivity contribution is -0.274. The fourth-order valence-electron chi connectivity index (χ4n) is 2.77. The summed E-state index contributed by atoms with van der Waals surface area (Å²) < 4.78 is 43.8. The third-order valence-corrected chi connectivity index (χ3v) is 4.09. The lowest BCUT2D eigenvalue weighted by Crippen LogP contribution is -2.20. The lowest BCUT2D eigenvalue weighted by Gasteiger charge is -2.15. The van der Waals surface area contributed by atoms with Crippen molar-refractivity contribution in [3.05, 3.63) is 60.3 Å². The Morgan fingerprint density at radius 1 is 1.03 bits per heavy atom. The number of carbonyl (C=O) groups is 2. The van der Waals surface area contributed by atoms with E-state index in [2.05, 4.69) is 20.5 Å². The Bertz CT molecular complexity index is 1090. The van der Waals surface area contributed by atoms with Crippen LogP contribution in [0.4, 0.5) is 29.3 Å². The van der Waals surface area contributed by atoms with Gasteiger partial charge in [0.15, 0.2) is 5.78 Å². The average Bonchev–Trinajstić information content (AvgIpc) is 3.07. The van der Waals surface area contributed by atoms with Gasteiger partial charge in [0, 0.05) is 35.7 Å². The van der Waals surface area contributed by atoms with Gasteiger partial charge in [0.05, 0.1) is 5.69 Å². The number of anilines is 2. The third kappa shape index (κ3) is 5.16. The largest absolute Gasteiger partial charge is 0.573 e. The molecule has 0 bridgehead atoms. The molecule has 156 valence electrons. The van der Waals surface area contributed by atoms with E-state index >= 15 is 0 Å². The molecule has 30 heavy (non-hydrogen) atoms. The van der Waals surface area contributed by atoms with E-state index in [-0.39, 0.29) is 17.0 Å². The number of rotatable bonds is 5. The Balaban J connectivity index is 1.84. The zero-order valence-corrected chi connectivity index (χ0v) is 15.9. The van der Waals surface area contributed by atoms with E-state index in [1.807, 2.05) is 0 Å². The molecule has 2 aromatic carbocycles. The maximum absolute atomic E-state index is 12.8. The second-order valence-corrected chi connectivity index (χ2v) is 6.31. The van der Waals surface area contributed by atoms with Crippen molar-refractivity contribution in [3.63, 3.8) is 0 Å². The van der Waals surface area contributed by atoms with Crippen molar-refractivity contribution in [2.75, 3.05) is 10.6 Å². The van der Waals surface area contributed by atoms with Crippen molar-refractivity contribution in [1.82, 2.24) is 9.78 Å². The number of benzene rings is 2. The van der Waals surface area contributed by atoms with Crippen LogP contribution in [0.2, 0.25) is 0 Å². The molecule has 3 rings (SSSR count). The topological polar surface area (TPSA) is 85.2 Å². The van der Waals surface area contributed by atoms with Crippen LogP contribution in [0, 0.1) is 0 Å². The Morgan fingerprint density at radius 2 is 1.73 bits per heavy atom. The zero-order valence-electron chi connectivity index (χ0n) is 15.9. The van der Waals surface area contributed by atoms with E-state index < -0.39 is 18.1 Å². The molecule has 1 heterocycles. The van der Waals surface area contributed by atoms with Gasteiger partial charge in [0.25, 0.3) is 0 Å². The van der Waals surface area contributed by atoms with Gasteiger partial charge in [0.1, 0.15) is 5.75 Å². The standard InChI is InChI=1S/C20H17F3N4O3/c1-12(28)13-4-3-5-14(10-13)25-19(29)26-15-6-7-18(30-20(21,22)23)16(11-15)17-8-9-24-27(17)2/h3-11H,1-2H3,(H2,25,26,29). The van der Waals surface area contributed by atoms with Crippen LogP contribution >= 0.6 is 0 Å². The van der Waals surface area contributed by atoms with E-state index in [1.54, 1.807) is 25.2 Å². The molecule has 0 atom stereocenters. The van der Waals surface area contributed by atoms with E-state index in [4.69, 9.17) is 0 Å². The number of urea groups is 1. The molecule has 0 saturated carbocycles. The van der Waals surface area contributed by atoms with Gasteiger partial charge in [-0.2, -0.15) is 5.10 Å². The molecular weight excluding hydrogens is 401 g/mol. The number of ether oxygens (including phenoxy) is 1. The lowest BCUT2D eigenvalue weighted by atomic mass is 10.1. The maximum Gasteiger partial charge on any atom is 0.573 e. The minimum Gasteiger partial charge on any atom is -0.405 e. The van der Waals surface area contributed by atoms with Crippen molar-refractivity contribution >= 4 is 23.2 Å². The van der Waals surface area contributed by atoms with Crippen LogP contribution < -0.4 is 15.4 Å². The molecule has 0 aliphatic rings. The first kappa shape index (κ1) is 20.9. The first-order valence-electron chi connectivity index (χ1n) is 8.69. The van der Waals surface area contributed by atoms with E-state index in [1.165, 1.54) is 42.1 Å². The third-order valence-electron chi connectivity index (χ3n) is 4.09. The number of hydrogen-bond donors (Lipinski definition) is 2. The second-order valence-electron chi connectivity index (χ2n) is 6.31. The van der Waals surface area contributed by atoms with Gasteiger partial charge in [-0.1, -0.05) is 12.1 Å². The summed E-state index contributed by atoms with van der Waals surface area (Å²) >= 11 is 0. The van der Waals surface area contributed by atoms with Gasteiger partial charge < -0.3 is 15.4 Å². The summed E-state index contributed by atoms with van der Waals surface area (Å²) in [7, 11) is 1.57. The average molecular weight is 418 g/mol. The van der Waals surface area contributed by atoms with E-state index in [0.717, 1.165) is 6.07 Å². The Kier molecular flexibility index (Phi) is 5.77. The van der Waals surface area contributed by atoms with Crippen molar-refractivity contribution in [2.24, 2.45) is 7.05 Å². The summed E-state index contributed by atoms with van der Waals surface area (Å²) in [6, 6.07) is 11.0. The van der Waals surface area contributed by atoms with Crippen LogP contribution in [0.1, 0.15) is 17.3 Å². The Labute approximate surface area is 169 Å². The monoisotopic (exact) mass is 418 g/mol. The predicted molar refractivity (Wildman–Crippen MR) is 104 cm³/mol. The number of alkyl halides is 3. The molecule has 0 unspecified atom stereocenters. The van der Waals surface area contributed by atoms with Crippen molar-refractivity contribution in [1.29, 1.82) is 0 Å². The molecule has 3 aromatic rings. The minimum absolute atomic E-state index is 0.101. The van der Waals surface area contributed by atoms with Crippen LogP contribution in [0.3, 0.4) is 0 Å². The molecule has 2 N–H and O–H groups in total. The summed E-state index contributed by atoms with van der Waals surface area (Å²) in [6.45, 7) is 1.41. The second kappa shape index (κ2) is 8.27. The molecule has 0 aliphatic heterocycles. The highest BCUT2D eigenvalue weighted by molar-refractivity contribution is 6.01. The number of halogens is 3. The number of amides is 2. The first-order valence-corrected chi connectivity index (χ1v) is 8.69. The summed E-state index contributed by atoms with van der Waals surface area (Å²) in [6.07, 6.45) is -3.44. The number of aromatic nitrogens is 2. The molecule has 0 aliphatic carbocycles. The fraction of sp³-hybridized carbons (Fsp3) is 0.150. The van der Waals surface area contributed by atoms with Gasteiger partial charge in [-0.3, -0.25) is 9.48 Å². The summed E-state index contributed by atoms with van der Waals surface area (Å²) in [5.41, 5.74) is 1.53. The highest BCUT2D eigenvalue weighted by Crippen LogP contribution is 2.35. The van der Waals surface area contributed by atoms with Crippen LogP contribution in [-0.4, -0.2) is 28.0 Å². The molecule has 0 spiro atoms. The van der Waals surface area contributed by atoms with Gasteiger partial charge >= 0.3 is 12.4 Å². The van der Waals surface area contributed by atoms with Crippen LogP contribution in [0.25, 0.3) is 11.3 Å². The summed E-state index contributed by atoms with van der Waals surface area (Å²) in [4.78, 5) is 23.8. The van der Waals surface area contributed by atoms with Gasteiger partial charge in [0.2, 0.25) is 0 Å². The predicted octanol–water partition coefficient (Wildman–Crippen LogP) is 4.83. The quantitative estimate of drug-likeness (QED) is 0.581. The van der Waals surface area contributed by atoms with E-state index in [0.29, 0.717) is 16.9 Å². The summed E-state index contributed by atoms with van der Waals surface area (Å²) in [5, 5.41) is 9.07. The molecule has 7 nitrogen and oxygen atoms in total. The molecule has 1 aromatic heterocycles. The van der Waals surface area contributed by atoms with Crippen LogP contribution in [0.5, 0.6) is 5.75 Å². The van der Waals surface area contributed by atoms with Gasteiger partial charge in [-0.25, -0.2) is 4.79 Å². The zero-order chi connectivity index (χ0) is 21.9. The van der Waals surface area contributed by atoms with Crippen LogP contribution in [-0.2, 0) is 7.05 Å². The molecular formula is C20H17F3N4O3. The normalized spacial score (nSPS) is 11.1. The molecule has 0 saturated heterocycles. The van der Waals surface area contributed by atoms with Crippen molar-refractivity contribution in [2.45, 2.75) is 13.3 Å². The molecule has 10 heteroatoms. The number of carbonyl (C=O) groups excluding carboxylic acids is 2. The molecule has 0 fully saturated rings. The maximum atomic E-state index is 12.8. The van der Waals surface area contributed by atoms with Crippen LogP contribution in [0.15, 0.2) is 54.7 Å².